The van der Waals surface area contributed by atoms with Gasteiger partial charge in [-0.1, -0.05) is 17.8 Å². The van der Waals surface area contributed by atoms with Gasteiger partial charge < -0.3 is 10.6 Å². The molecule has 0 atom stereocenters. The highest BCUT2D eigenvalue weighted by Gasteiger charge is 2.41. The number of aromatic nitrogens is 5. The molecule has 0 aromatic carbocycles. The lowest BCUT2D eigenvalue weighted by molar-refractivity contribution is 0.230. The summed E-state index contributed by atoms with van der Waals surface area (Å²) < 4.78 is 2.12. The van der Waals surface area contributed by atoms with Gasteiger partial charge in [0.05, 0.1) is 4.90 Å². The lowest BCUT2D eigenvalue weighted by Gasteiger charge is -2.39. The molecule has 1 spiro atoms. The zero-order valence-corrected chi connectivity index (χ0v) is 19.8. The summed E-state index contributed by atoms with van der Waals surface area (Å²) in [6, 6.07) is 6.38. The first-order valence-electron chi connectivity index (χ1n) is 11.4. The summed E-state index contributed by atoms with van der Waals surface area (Å²) in [7, 11) is 1.97. The first kappa shape index (κ1) is 20.5. The van der Waals surface area contributed by atoms with E-state index in [0.29, 0.717) is 11.2 Å². The third-order valence-electron chi connectivity index (χ3n) is 7.18. The summed E-state index contributed by atoms with van der Waals surface area (Å²) in [5.41, 5.74) is 12.0. The standard InChI is InChI=1S/C24H26BN7S/c1-15-18(11-20(25)30-21(15)26)33-19-14-29-23(32-10-7-28-22(19)32)31-8-4-24(5-9-31)12-16-3-2-6-27-17(16)13-24/h2-3,6-7,10-11,14H,4-5,8-9,12-13,25H2,1H3,(H2,26,30). The van der Waals surface area contributed by atoms with Crippen LogP contribution in [0.15, 0.2) is 52.8 Å². The monoisotopic (exact) mass is 455 g/mol. The van der Waals surface area contributed by atoms with Crippen LogP contribution in [0.5, 0.6) is 0 Å². The topological polar surface area (TPSA) is 85.2 Å². The minimum absolute atomic E-state index is 0.355. The van der Waals surface area contributed by atoms with Crippen molar-refractivity contribution in [2.24, 2.45) is 5.41 Å². The molecule has 0 unspecified atom stereocenters. The number of nitrogen functional groups attached to an aromatic ring is 1. The Kier molecular flexibility index (Phi) is 4.83. The van der Waals surface area contributed by atoms with Crippen molar-refractivity contribution in [2.45, 2.75) is 42.4 Å². The molecular weight excluding hydrogens is 429 g/mol. The molecule has 166 valence electrons. The molecular formula is C24H26BN7S. The smallest absolute Gasteiger partial charge is 0.211 e. The molecule has 4 aromatic rings. The predicted octanol–water partition coefficient (Wildman–Crippen LogP) is 2.20. The van der Waals surface area contributed by atoms with E-state index in [1.165, 1.54) is 11.3 Å². The average molecular weight is 455 g/mol. The molecule has 2 aliphatic rings. The van der Waals surface area contributed by atoms with Crippen molar-refractivity contribution in [3.8, 4) is 0 Å². The second-order valence-electron chi connectivity index (χ2n) is 9.37. The Balaban J connectivity index is 1.25. The number of anilines is 2. The van der Waals surface area contributed by atoms with Crippen molar-refractivity contribution >= 4 is 42.6 Å². The molecule has 4 aromatic heterocycles. The third-order valence-corrected chi connectivity index (χ3v) is 8.34. The zero-order chi connectivity index (χ0) is 22.6. The Bertz CT molecular complexity index is 1330. The highest BCUT2D eigenvalue weighted by Crippen LogP contribution is 2.44. The molecule has 2 N–H and O–H groups in total. The Labute approximate surface area is 198 Å². The molecule has 5 heterocycles. The molecule has 1 fully saturated rings. The van der Waals surface area contributed by atoms with Crippen LogP contribution in [-0.4, -0.2) is 45.3 Å². The number of piperidine rings is 1. The van der Waals surface area contributed by atoms with Gasteiger partial charge in [0.2, 0.25) is 5.95 Å². The number of rotatable bonds is 3. The number of hydrogen-bond acceptors (Lipinski definition) is 7. The summed E-state index contributed by atoms with van der Waals surface area (Å²) >= 11 is 1.65. The van der Waals surface area contributed by atoms with E-state index < -0.39 is 0 Å². The number of fused-ring (bicyclic) bond motifs is 2. The number of imidazole rings is 1. The van der Waals surface area contributed by atoms with Crippen molar-refractivity contribution in [2.75, 3.05) is 23.7 Å². The van der Waals surface area contributed by atoms with Crippen LogP contribution in [0.1, 0.15) is 29.7 Å². The molecule has 6 rings (SSSR count). The lowest BCUT2D eigenvalue weighted by atomic mass is 9.76. The Morgan fingerprint density at radius 3 is 2.76 bits per heavy atom. The fourth-order valence-corrected chi connectivity index (χ4v) is 6.36. The quantitative estimate of drug-likeness (QED) is 0.474. The van der Waals surface area contributed by atoms with E-state index in [1.54, 1.807) is 11.8 Å². The maximum Gasteiger partial charge on any atom is 0.211 e. The second-order valence-corrected chi connectivity index (χ2v) is 10.5. The number of pyridine rings is 2. The minimum atomic E-state index is 0.355. The molecule has 1 aliphatic heterocycles. The van der Waals surface area contributed by atoms with Crippen LogP contribution in [0.25, 0.3) is 5.65 Å². The van der Waals surface area contributed by atoms with Gasteiger partial charge in [0.25, 0.3) is 0 Å². The average Bonchev–Trinajstić information content (AvgIpc) is 3.43. The summed E-state index contributed by atoms with van der Waals surface area (Å²) in [6.07, 6.45) is 12.3. The molecule has 7 nitrogen and oxygen atoms in total. The van der Waals surface area contributed by atoms with Crippen LogP contribution in [0.3, 0.4) is 0 Å². The first-order valence-corrected chi connectivity index (χ1v) is 12.2. The Morgan fingerprint density at radius 1 is 1.09 bits per heavy atom. The van der Waals surface area contributed by atoms with Crippen LogP contribution < -0.4 is 16.2 Å². The number of nitrogens with two attached hydrogens (primary N) is 1. The van der Waals surface area contributed by atoms with Gasteiger partial charge in [0, 0.05) is 54.0 Å². The third kappa shape index (κ3) is 3.55. The van der Waals surface area contributed by atoms with Crippen LogP contribution in [0, 0.1) is 12.3 Å². The van der Waals surface area contributed by atoms with Crippen molar-refractivity contribution < 1.29 is 0 Å². The van der Waals surface area contributed by atoms with Crippen molar-refractivity contribution in [1.29, 1.82) is 0 Å². The van der Waals surface area contributed by atoms with E-state index in [1.807, 2.05) is 39.6 Å². The summed E-state index contributed by atoms with van der Waals surface area (Å²) in [5.74, 6) is 1.55. The molecule has 1 saturated heterocycles. The van der Waals surface area contributed by atoms with Crippen LogP contribution in [-0.2, 0) is 12.8 Å². The highest BCUT2D eigenvalue weighted by molar-refractivity contribution is 7.99. The lowest BCUT2D eigenvalue weighted by Crippen LogP contribution is -2.41. The fraction of sp³-hybridized carbons (Fsp3) is 0.333. The zero-order valence-electron chi connectivity index (χ0n) is 19.0. The number of hydrogen-bond donors (Lipinski definition) is 1. The minimum Gasteiger partial charge on any atom is -0.383 e. The summed E-state index contributed by atoms with van der Waals surface area (Å²) in [6.45, 7) is 4.01. The van der Waals surface area contributed by atoms with E-state index in [4.69, 9.17) is 10.7 Å². The first-order chi connectivity index (χ1) is 16.0. The van der Waals surface area contributed by atoms with E-state index in [9.17, 15) is 0 Å². The summed E-state index contributed by atoms with van der Waals surface area (Å²) in [4.78, 5) is 23.1. The fourth-order valence-electron chi connectivity index (χ4n) is 5.29. The van der Waals surface area contributed by atoms with Crippen LogP contribution in [0.4, 0.5) is 11.8 Å². The molecule has 0 saturated carbocycles. The second kappa shape index (κ2) is 7.76. The SMILES string of the molecule is Bc1cc(Sc2cnc(N3CCC4(CC3)Cc3cccnc3C4)n3ccnc23)c(C)c(N)n1. The maximum atomic E-state index is 6.10. The molecule has 0 radical (unpaired) electrons. The van der Waals surface area contributed by atoms with Crippen LogP contribution >= 0.6 is 11.8 Å². The van der Waals surface area contributed by atoms with Gasteiger partial charge in [-0.05, 0) is 61.3 Å². The largest absolute Gasteiger partial charge is 0.383 e. The van der Waals surface area contributed by atoms with Gasteiger partial charge in [-0.2, -0.15) is 0 Å². The molecule has 9 heteroatoms. The highest BCUT2D eigenvalue weighted by atomic mass is 32.2. The van der Waals surface area contributed by atoms with Gasteiger partial charge in [-0.15, -0.1) is 0 Å². The number of nitrogens with zero attached hydrogens (tertiary/aromatic N) is 6. The van der Waals surface area contributed by atoms with E-state index in [0.717, 1.165) is 71.3 Å². The van der Waals surface area contributed by atoms with E-state index in [-0.39, 0.29) is 0 Å². The van der Waals surface area contributed by atoms with E-state index >= 15 is 0 Å². The molecule has 0 amide bonds. The van der Waals surface area contributed by atoms with Crippen LogP contribution in [0.2, 0.25) is 0 Å². The van der Waals surface area contributed by atoms with Gasteiger partial charge in [0.1, 0.15) is 5.82 Å². The molecule has 1 aliphatic carbocycles. The Morgan fingerprint density at radius 2 is 1.94 bits per heavy atom. The maximum absolute atomic E-state index is 6.10. The van der Waals surface area contributed by atoms with Crippen molar-refractivity contribution in [1.82, 2.24) is 24.3 Å². The van der Waals surface area contributed by atoms with Gasteiger partial charge in [0.15, 0.2) is 13.5 Å². The van der Waals surface area contributed by atoms with Crippen molar-refractivity contribution in [3.05, 3.63) is 59.8 Å². The van der Waals surface area contributed by atoms with Gasteiger partial charge >= 0.3 is 0 Å². The van der Waals surface area contributed by atoms with E-state index in [2.05, 4.69) is 42.5 Å². The van der Waals surface area contributed by atoms with Gasteiger partial charge in [-0.3, -0.25) is 9.38 Å². The molecule has 0 bridgehead atoms. The van der Waals surface area contributed by atoms with Gasteiger partial charge in [-0.25, -0.2) is 15.0 Å². The normalized spacial score (nSPS) is 17.1. The summed E-state index contributed by atoms with van der Waals surface area (Å²) in [5, 5.41) is 0. The Hall–Kier alpha value is -3.07. The molecule has 33 heavy (non-hydrogen) atoms. The van der Waals surface area contributed by atoms with Crippen molar-refractivity contribution in [3.63, 3.8) is 0 Å². The predicted molar refractivity (Wildman–Crippen MR) is 134 cm³/mol.